The normalized spacial score (nSPS) is 29.4. The molecule has 0 aromatic rings. The van der Waals surface area contributed by atoms with Gasteiger partial charge >= 0.3 is 5.97 Å². The molecule has 1 N–H and O–H groups in total. The largest absolute Gasteiger partial charge is 0.469 e. The standard InChI is InChI=1S/C9H16O4/c1-12-8(10)7-9(11)3-2-5-13-6-4-9/h11H,2-7H2,1H3. The summed E-state index contributed by atoms with van der Waals surface area (Å²) in [5.74, 6) is -0.357. The number of rotatable bonds is 2. The van der Waals surface area contributed by atoms with Gasteiger partial charge in [-0.15, -0.1) is 0 Å². The first-order chi connectivity index (χ1) is 6.16. The number of ether oxygens (including phenoxy) is 2. The fourth-order valence-corrected chi connectivity index (χ4v) is 1.51. The summed E-state index contributed by atoms with van der Waals surface area (Å²) in [5, 5.41) is 9.97. The topological polar surface area (TPSA) is 55.8 Å². The number of carbonyl (C=O) groups is 1. The van der Waals surface area contributed by atoms with E-state index in [9.17, 15) is 9.90 Å². The predicted octanol–water partition coefficient (Wildman–Crippen LogP) is 0.481. The third-order valence-corrected chi connectivity index (χ3v) is 2.34. The molecule has 0 spiro atoms. The Hall–Kier alpha value is -0.610. The summed E-state index contributed by atoms with van der Waals surface area (Å²) in [6.07, 6.45) is 2.00. The molecule has 1 atom stereocenters. The van der Waals surface area contributed by atoms with Gasteiger partial charge in [0.05, 0.1) is 19.1 Å². The van der Waals surface area contributed by atoms with E-state index in [1.807, 2.05) is 0 Å². The van der Waals surface area contributed by atoms with Crippen LogP contribution >= 0.6 is 0 Å². The lowest BCUT2D eigenvalue weighted by molar-refractivity contribution is -0.146. The predicted molar refractivity (Wildman–Crippen MR) is 46.3 cm³/mol. The molecule has 13 heavy (non-hydrogen) atoms. The highest BCUT2D eigenvalue weighted by Crippen LogP contribution is 2.24. The van der Waals surface area contributed by atoms with Gasteiger partial charge in [0.15, 0.2) is 0 Å². The first-order valence-electron chi connectivity index (χ1n) is 4.53. The van der Waals surface area contributed by atoms with Crippen LogP contribution in [-0.4, -0.2) is 37.0 Å². The maximum atomic E-state index is 11.0. The Morgan fingerprint density at radius 2 is 2.31 bits per heavy atom. The van der Waals surface area contributed by atoms with Gasteiger partial charge in [0.1, 0.15) is 0 Å². The lowest BCUT2D eigenvalue weighted by Crippen LogP contribution is -2.32. The van der Waals surface area contributed by atoms with Crippen LogP contribution in [-0.2, 0) is 14.3 Å². The molecule has 1 aliphatic rings. The molecular weight excluding hydrogens is 172 g/mol. The van der Waals surface area contributed by atoms with Crippen molar-refractivity contribution < 1.29 is 19.4 Å². The fourth-order valence-electron chi connectivity index (χ4n) is 1.51. The molecule has 4 nitrogen and oxygen atoms in total. The molecule has 1 rings (SSSR count). The van der Waals surface area contributed by atoms with Gasteiger partial charge in [-0.05, 0) is 12.8 Å². The lowest BCUT2D eigenvalue weighted by Gasteiger charge is -2.24. The number of methoxy groups -OCH3 is 1. The van der Waals surface area contributed by atoms with Crippen molar-refractivity contribution in [1.29, 1.82) is 0 Å². The maximum Gasteiger partial charge on any atom is 0.308 e. The Morgan fingerprint density at radius 3 is 3.00 bits per heavy atom. The monoisotopic (exact) mass is 188 g/mol. The molecule has 1 heterocycles. The van der Waals surface area contributed by atoms with Crippen molar-refractivity contribution in [2.45, 2.75) is 31.3 Å². The second-order valence-electron chi connectivity index (χ2n) is 3.44. The summed E-state index contributed by atoms with van der Waals surface area (Å²) >= 11 is 0. The third-order valence-electron chi connectivity index (χ3n) is 2.34. The molecule has 1 fully saturated rings. The number of esters is 1. The molecule has 0 bridgehead atoms. The molecule has 0 amide bonds. The lowest BCUT2D eigenvalue weighted by atomic mass is 9.91. The van der Waals surface area contributed by atoms with Crippen molar-refractivity contribution in [3.63, 3.8) is 0 Å². The van der Waals surface area contributed by atoms with Gasteiger partial charge in [-0.3, -0.25) is 4.79 Å². The highest BCUT2D eigenvalue weighted by Gasteiger charge is 2.31. The Bertz CT molecular complexity index is 170. The number of carbonyl (C=O) groups excluding carboxylic acids is 1. The van der Waals surface area contributed by atoms with Crippen molar-refractivity contribution >= 4 is 5.97 Å². The van der Waals surface area contributed by atoms with Gasteiger partial charge in [0.25, 0.3) is 0 Å². The highest BCUT2D eigenvalue weighted by molar-refractivity contribution is 5.70. The summed E-state index contributed by atoms with van der Waals surface area (Å²) in [7, 11) is 1.33. The van der Waals surface area contributed by atoms with Gasteiger partial charge in [-0.1, -0.05) is 0 Å². The zero-order valence-corrected chi connectivity index (χ0v) is 7.91. The van der Waals surface area contributed by atoms with Crippen LogP contribution < -0.4 is 0 Å². The van der Waals surface area contributed by atoms with Crippen molar-refractivity contribution in [1.82, 2.24) is 0 Å². The van der Waals surface area contributed by atoms with Gasteiger partial charge in [-0.25, -0.2) is 0 Å². The van der Waals surface area contributed by atoms with E-state index in [0.29, 0.717) is 26.1 Å². The Balaban J connectivity index is 2.46. The highest BCUT2D eigenvalue weighted by atomic mass is 16.5. The summed E-state index contributed by atoms with van der Waals surface area (Å²) in [5.41, 5.74) is -0.913. The first-order valence-corrected chi connectivity index (χ1v) is 4.53. The Kier molecular flexibility index (Phi) is 3.69. The molecular formula is C9H16O4. The third kappa shape index (κ3) is 3.32. The summed E-state index contributed by atoms with van der Waals surface area (Å²) in [6, 6.07) is 0. The molecule has 4 heteroatoms. The van der Waals surface area contributed by atoms with Crippen LogP contribution in [0.5, 0.6) is 0 Å². The van der Waals surface area contributed by atoms with E-state index in [1.165, 1.54) is 7.11 Å². The van der Waals surface area contributed by atoms with Crippen LogP contribution in [0.1, 0.15) is 25.7 Å². The molecule has 0 aromatic heterocycles. The maximum absolute atomic E-state index is 11.0. The molecule has 76 valence electrons. The van der Waals surface area contributed by atoms with Gasteiger partial charge in [-0.2, -0.15) is 0 Å². The van der Waals surface area contributed by atoms with E-state index in [2.05, 4.69) is 4.74 Å². The van der Waals surface area contributed by atoms with Gasteiger partial charge in [0, 0.05) is 19.6 Å². The SMILES string of the molecule is COC(=O)CC1(O)CCCOCC1. The van der Waals surface area contributed by atoms with Gasteiger partial charge in [0.2, 0.25) is 0 Å². The molecule has 1 saturated heterocycles. The van der Waals surface area contributed by atoms with E-state index >= 15 is 0 Å². The Labute approximate surface area is 77.8 Å². The fraction of sp³-hybridized carbons (Fsp3) is 0.889. The molecule has 0 saturated carbocycles. The molecule has 1 aliphatic heterocycles. The summed E-state index contributed by atoms with van der Waals surface area (Å²) in [4.78, 5) is 11.0. The quantitative estimate of drug-likeness (QED) is 0.640. The minimum absolute atomic E-state index is 0.0762. The van der Waals surface area contributed by atoms with Crippen molar-refractivity contribution in [2.75, 3.05) is 20.3 Å². The van der Waals surface area contributed by atoms with E-state index in [4.69, 9.17) is 4.74 Å². The van der Waals surface area contributed by atoms with E-state index < -0.39 is 5.60 Å². The zero-order valence-electron chi connectivity index (χ0n) is 7.91. The van der Waals surface area contributed by atoms with Gasteiger partial charge < -0.3 is 14.6 Å². The molecule has 0 aliphatic carbocycles. The van der Waals surface area contributed by atoms with E-state index in [1.54, 1.807) is 0 Å². The average Bonchev–Trinajstić information content (AvgIpc) is 2.30. The Morgan fingerprint density at radius 1 is 1.54 bits per heavy atom. The minimum atomic E-state index is -0.913. The molecule has 0 radical (unpaired) electrons. The summed E-state index contributed by atoms with van der Waals surface area (Å²) < 4.78 is 9.71. The van der Waals surface area contributed by atoms with Crippen LogP contribution in [0.25, 0.3) is 0 Å². The smallest absolute Gasteiger partial charge is 0.308 e. The van der Waals surface area contributed by atoms with E-state index in [-0.39, 0.29) is 12.4 Å². The molecule has 1 unspecified atom stereocenters. The van der Waals surface area contributed by atoms with Crippen molar-refractivity contribution in [3.8, 4) is 0 Å². The number of aliphatic hydroxyl groups is 1. The van der Waals surface area contributed by atoms with Crippen LogP contribution in [0.2, 0.25) is 0 Å². The average molecular weight is 188 g/mol. The van der Waals surface area contributed by atoms with Crippen LogP contribution in [0.3, 0.4) is 0 Å². The summed E-state index contributed by atoms with van der Waals surface area (Å²) in [6.45, 7) is 1.19. The second-order valence-corrected chi connectivity index (χ2v) is 3.44. The minimum Gasteiger partial charge on any atom is -0.469 e. The number of hydrogen-bond donors (Lipinski definition) is 1. The number of hydrogen-bond acceptors (Lipinski definition) is 4. The molecule has 0 aromatic carbocycles. The van der Waals surface area contributed by atoms with Crippen LogP contribution in [0, 0.1) is 0 Å². The first kappa shape index (κ1) is 10.5. The zero-order chi connectivity index (χ0) is 9.73. The van der Waals surface area contributed by atoms with Crippen molar-refractivity contribution in [2.24, 2.45) is 0 Å². The van der Waals surface area contributed by atoms with Crippen LogP contribution in [0.15, 0.2) is 0 Å². The van der Waals surface area contributed by atoms with E-state index in [0.717, 1.165) is 6.42 Å². The van der Waals surface area contributed by atoms with Crippen molar-refractivity contribution in [3.05, 3.63) is 0 Å². The van der Waals surface area contributed by atoms with Crippen LogP contribution in [0.4, 0.5) is 0 Å². The second kappa shape index (κ2) is 4.58.